The Morgan fingerprint density at radius 1 is 0.902 bits per heavy atom. The fraction of sp³-hybridized carbons (Fsp3) is 0.367. The van der Waals surface area contributed by atoms with E-state index in [-0.39, 0.29) is 11.8 Å². The molecule has 2 aliphatic rings. The van der Waals surface area contributed by atoms with Gasteiger partial charge in [0.1, 0.15) is 5.02 Å². The molecule has 0 saturated carbocycles. The summed E-state index contributed by atoms with van der Waals surface area (Å²) in [6.45, 7) is 1.24. The van der Waals surface area contributed by atoms with Crippen LogP contribution in [0.1, 0.15) is 29.5 Å². The van der Waals surface area contributed by atoms with E-state index in [9.17, 15) is 41.0 Å². The summed E-state index contributed by atoms with van der Waals surface area (Å²) in [6, 6.07) is 8.07. The first-order chi connectivity index (χ1) is 23.7. The highest BCUT2D eigenvalue weighted by molar-refractivity contribution is 6.32. The summed E-state index contributed by atoms with van der Waals surface area (Å²) in [5, 5.41) is 30.3. The number of aliphatic carboxylic acids is 2. The van der Waals surface area contributed by atoms with Gasteiger partial charge in [-0.2, -0.15) is 31.3 Å². The second-order valence-corrected chi connectivity index (χ2v) is 11.5. The van der Waals surface area contributed by atoms with E-state index < -0.39 is 30.4 Å². The summed E-state index contributed by atoms with van der Waals surface area (Å²) in [5.41, 5.74) is 4.85. The van der Waals surface area contributed by atoms with Crippen LogP contribution in [0.4, 0.5) is 54.3 Å². The number of anilines is 4. The highest BCUT2D eigenvalue weighted by Gasteiger charge is 2.39. The van der Waals surface area contributed by atoms with Crippen LogP contribution in [0.25, 0.3) is 0 Å². The molecule has 2 aromatic heterocycles. The molecule has 3 aromatic rings. The van der Waals surface area contributed by atoms with Crippen molar-refractivity contribution in [3.05, 3.63) is 64.6 Å². The predicted octanol–water partition coefficient (Wildman–Crippen LogP) is 5.73. The maximum Gasteiger partial charge on any atom is 0.490 e. The Kier molecular flexibility index (Phi) is 13.4. The minimum Gasteiger partial charge on any atom is -0.475 e. The number of carbonyl (C=O) groups excluding carboxylic acids is 1. The highest BCUT2D eigenvalue weighted by Crippen LogP contribution is 2.29. The number of pyridine rings is 1. The molecule has 5 rings (SSSR count). The van der Waals surface area contributed by atoms with Gasteiger partial charge in [-0.3, -0.25) is 9.78 Å². The summed E-state index contributed by atoms with van der Waals surface area (Å²) in [7, 11) is 1.81. The third kappa shape index (κ3) is 12.2. The Balaban J connectivity index is 0.000000424. The average Bonchev–Trinajstić information content (AvgIpc) is 3.06. The first kappa shape index (κ1) is 40.0. The van der Waals surface area contributed by atoms with Gasteiger partial charge in [-0.25, -0.2) is 19.4 Å². The Morgan fingerprint density at radius 3 is 2.08 bits per heavy atom. The monoisotopic (exact) mass is 749 g/mol. The van der Waals surface area contributed by atoms with Crippen LogP contribution in [-0.4, -0.2) is 96.5 Å². The molecular formula is C30H30ClF6N7O7. The number of carboxylic acids is 2. The number of aromatic nitrogens is 3. The standard InChI is InChI=1S/C26H28ClN7O3.2C2HF3O2/c1-33(24(35)17-6-8-34(9-7-17)26(36)37)15-19-4-5-20-11-18(19)3-2-16-10-21(13-28-12-16)31-25-29-14-22(27)23(30-20)32-25;2*3-2(4,5)1(6)7/h4-5,10-14,17H,2-3,6-9,15H2,1H3,(H,36,37)(H2,29,30,31,32);2*(H,6,7). The van der Waals surface area contributed by atoms with Crippen LogP contribution >= 0.6 is 11.6 Å². The number of carbonyl (C=O) groups is 4. The smallest absolute Gasteiger partial charge is 0.475 e. The molecule has 0 radical (unpaired) electrons. The molecule has 1 aromatic carbocycles. The van der Waals surface area contributed by atoms with Crippen molar-refractivity contribution in [1.29, 1.82) is 0 Å². The molecule has 4 heterocycles. The van der Waals surface area contributed by atoms with Crippen molar-refractivity contribution in [1.82, 2.24) is 24.8 Å². The molecule has 276 valence electrons. The van der Waals surface area contributed by atoms with Crippen LogP contribution in [0.3, 0.4) is 0 Å². The van der Waals surface area contributed by atoms with Crippen LogP contribution in [0.2, 0.25) is 5.02 Å². The van der Waals surface area contributed by atoms with E-state index in [0.717, 1.165) is 40.9 Å². The average molecular weight is 750 g/mol. The van der Waals surface area contributed by atoms with E-state index in [1.807, 2.05) is 31.4 Å². The fourth-order valence-electron chi connectivity index (χ4n) is 4.81. The van der Waals surface area contributed by atoms with Crippen molar-refractivity contribution in [3.63, 3.8) is 0 Å². The molecule has 0 aliphatic carbocycles. The van der Waals surface area contributed by atoms with Gasteiger partial charge in [-0.1, -0.05) is 17.7 Å². The van der Waals surface area contributed by atoms with E-state index in [4.69, 9.17) is 31.4 Å². The Bertz CT molecular complexity index is 1710. The molecule has 2 aliphatic heterocycles. The fourth-order valence-corrected chi connectivity index (χ4v) is 4.94. The van der Waals surface area contributed by atoms with Crippen LogP contribution < -0.4 is 10.6 Å². The number of nitrogens with zero attached hydrogens (tertiary/aromatic N) is 5. The van der Waals surface area contributed by atoms with E-state index in [1.165, 1.54) is 4.90 Å². The summed E-state index contributed by atoms with van der Waals surface area (Å²) in [5.74, 6) is -4.73. The van der Waals surface area contributed by atoms with Crippen molar-refractivity contribution in [3.8, 4) is 0 Å². The molecule has 21 heteroatoms. The van der Waals surface area contributed by atoms with Gasteiger partial charge in [-0.15, -0.1) is 0 Å². The number of piperidine rings is 1. The molecule has 51 heavy (non-hydrogen) atoms. The number of carboxylic acid groups (broad SMARTS) is 3. The lowest BCUT2D eigenvalue weighted by molar-refractivity contribution is -0.193. The number of fused-ring (bicyclic) bond motifs is 6. The van der Waals surface area contributed by atoms with Gasteiger partial charge in [0, 0.05) is 44.5 Å². The topological polar surface area (TPSA) is 198 Å². The maximum absolute atomic E-state index is 13.2. The normalized spacial score (nSPS) is 14.2. The Morgan fingerprint density at radius 2 is 1.51 bits per heavy atom. The molecule has 2 amide bonds. The first-order valence-corrected chi connectivity index (χ1v) is 15.1. The van der Waals surface area contributed by atoms with Gasteiger partial charge < -0.3 is 35.8 Å². The Hall–Kier alpha value is -5.40. The zero-order valence-electron chi connectivity index (χ0n) is 26.4. The first-order valence-electron chi connectivity index (χ1n) is 14.7. The lowest BCUT2D eigenvalue weighted by Crippen LogP contribution is -2.42. The molecule has 0 atom stereocenters. The van der Waals surface area contributed by atoms with Crippen molar-refractivity contribution in [2.24, 2.45) is 5.92 Å². The van der Waals surface area contributed by atoms with Crippen molar-refractivity contribution in [2.75, 3.05) is 30.8 Å². The van der Waals surface area contributed by atoms with E-state index in [2.05, 4.69) is 31.7 Å². The molecule has 0 spiro atoms. The second kappa shape index (κ2) is 17.0. The number of nitrogens with one attached hydrogen (secondary N) is 2. The molecular weight excluding hydrogens is 720 g/mol. The molecule has 1 saturated heterocycles. The summed E-state index contributed by atoms with van der Waals surface area (Å²) >= 11 is 6.36. The third-order valence-electron chi connectivity index (χ3n) is 7.33. The van der Waals surface area contributed by atoms with E-state index in [1.54, 1.807) is 17.3 Å². The van der Waals surface area contributed by atoms with Gasteiger partial charge >= 0.3 is 30.4 Å². The van der Waals surface area contributed by atoms with Crippen LogP contribution in [0, 0.1) is 5.92 Å². The lowest BCUT2D eigenvalue weighted by atomic mass is 9.94. The highest BCUT2D eigenvalue weighted by atomic mass is 35.5. The number of hydrogen-bond acceptors (Lipinski definition) is 9. The van der Waals surface area contributed by atoms with E-state index in [0.29, 0.717) is 49.3 Å². The molecule has 1 fully saturated rings. The summed E-state index contributed by atoms with van der Waals surface area (Å²) in [4.78, 5) is 58.4. The number of benzene rings is 1. The second-order valence-electron chi connectivity index (χ2n) is 11.0. The minimum atomic E-state index is -5.08. The number of hydrogen-bond donors (Lipinski definition) is 5. The molecule has 5 N–H and O–H groups in total. The zero-order valence-corrected chi connectivity index (χ0v) is 27.2. The minimum absolute atomic E-state index is 0.0485. The van der Waals surface area contributed by atoms with Crippen molar-refractivity contribution in [2.45, 2.75) is 44.6 Å². The van der Waals surface area contributed by atoms with Gasteiger partial charge in [0.05, 0.1) is 18.1 Å². The van der Waals surface area contributed by atoms with Gasteiger partial charge in [-0.05, 0) is 60.6 Å². The predicted molar refractivity (Wildman–Crippen MR) is 168 cm³/mol. The van der Waals surface area contributed by atoms with Crippen LogP contribution in [0.5, 0.6) is 0 Å². The number of likely N-dealkylation sites (tertiary alicyclic amines) is 1. The quantitative estimate of drug-likeness (QED) is 0.204. The van der Waals surface area contributed by atoms with E-state index >= 15 is 0 Å². The van der Waals surface area contributed by atoms with Crippen LogP contribution in [-0.2, 0) is 33.8 Å². The Labute approximate surface area is 290 Å². The molecule has 0 unspecified atom stereocenters. The largest absolute Gasteiger partial charge is 0.490 e. The number of alkyl halides is 6. The summed E-state index contributed by atoms with van der Waals surface area (Å²) < 4.78 is 63.5. The zero-order chi connectivity index (χ0) is 38.1. The molecule has 6 bridgehead atoms. The van der Waals surface area contributed by atoms with Gasteiger partial charge in [0.2, 0.25) is 11.9 Å². The van der Waals surface area contributed by atoms with Crippen molar-refractivity contribution < 1.29 is 60.8 Å². The SMILES string of the molecule is CN(Cc1ccc2cc1CCc1cncc(c1)Nc1ncc(Cl)c(n1)N2)C(=O)C1CCN(C(=O)O)CC1.O=C(O)C(F)(F)F.O=C(O)C(F)(F)F. The maximum atomic E-state index is 13.2. The summed E-state index contributed by atoms with van der Waals surface area (Å²) in [6.07, 6.45) is -3.36. The van der Waals surface area contributed by atoms with Gasteiger partial charge in [0.15, 0.2) is 5.82 Å². The number of rotatable bonds is 3. The number of aryl methyl sites for hydroxylation is 2. The molecule has 14 nitrogen and oxygen atoms in total. The van der Waals surface area contributed by atoms with Gasteiger partial charge in [0.25, 0.3) is 0 Å². The lowest BCUT2D eigenvalue weighted by Gasteiger charge is -2.32. The third-order valence-corrected chi connectivity index (χ3v) is 7.61. The number of amides is 2. The number of halogens is 7. The van der Waals surface area contributed by atoms with Crippen LogP contribution in [0.15, 0.2) is 42.9 Å². The van der Waals surface area contributed by atoms with Crippen molar-refractivity contribution >= 4 is 58.7 Å².